The van der Waals surface area contributed by atoms with Crippen molar-refractivity contribution in [1.82, 2.24) is 20.1 Å². The van der Waals surface area contributed by atoms with Crippen LogP contribution in [0.4, 0.5) is 17.8 Å². The highest BCUT2D eigenvalue weighted by molar-refractivity contribution is 5.43. The molecule has 2 aromatic heterocycles. The van der Waals surface area contributed by atoms with Crippen molar-refractivity contribution in [2.45, 2.75) is 25.8 Å². The quantitative estimate of drug-likeness (QED) is 0.855. The maximum absolute atomic E-state index is 4.80. The Morgan fingerprint density at radius 1 is 1.14 bits per heavy atom. The first-order chi connectivity index (χ1) is 10.3. The summed E-state index contributed by atoms with van der Waals surface area (Å²) in [7, 11) is 1.80. The van der Waals surface area contributed by atoms with Crippen molar-refractivity contribution in [3.8, 4) is 0 Å². The number of hydrogen-bond donors (Lipinski definition) is 2. The maximum Gasteiger partial charge on any atom is 0.231 e. The van der Waals surface area contributed by atoms with Crippen LogP contribution in [0.2, 0.25) is 0 Å². The predicted molar refractivity (Wildman–Crippen MR) is 79.3 cm³/mol. The zero-order valence-corrected chi connectivity index (χ0v) is 12.0. The molecule has 8 heteroatoms. The fourth-order valence-corrected chi connectivity index (χ4v) is 2.29. The minimum absolute atomic E-state index is 0.517. The third kappa shape index (κ3) is 3.39. The molecule has 3 rings (SSSR count). The lowest BCUT2D eigenvalue weighted by atomic mass is 10.1. The van der Waals surface area contributed by atoms with Crippen molar-refractivity contribution in [1.29, 1.82) is 0 Å². The van der Waals surface area contributed by atoms with Crippen molar-refractivity contribution in [2.24, 2.45) is 0 Å². The number of piperidine rings is 1. The van der Waals surface area contributed by atoms with Gasteiger partial charge < -0.3 is 20.1 Å². The molecule has 2 aromatic rings. The highest BCUT2D eigenvalue weighted by Gasteiger charge is 2.16. The van der Waals surface area contributed by atoms with E-state index < -0.39 is 0 Å². The fourth-order valence-electron chi connectivity index (χ4n) is 2.29. The average molecular weight is 289 g/mol. The summed E-state index contributed by atoms with van der Waals surface area (Å²) in [4.78, 5) is 15.5. The molecular weight excluding hydrogens is 270 g/mol. The van der Waals surface area contributed by atoms with Crippen LogP contribution < -0.4 is 15.5 Å². The molecule has 0 amide bonds. The molecule has 112 valence electrons. The van der Waals surface area contributed by atoms with Gasteiger partial charge in [-0.15, -0.1) is 0 Å². The zero-order valence-electron chi connectivity index (χ0n) is 12.0. The molecule has 1 fully saturated rings. The first kappa shape index (κ1) is 13.6. The summed E-state index contributed by atoms with van der Waals surface area (Å²) in [6.45, 7) is 2.51. The van der Waals surface area contributed by atoms with Gasteiger partial charge in [0.05, 0.1) is 6.54 Å². The van der Waals surface area contributed by atoms with Gasteiger partial charge in [-0.05, 0) is 19.3 Å². The Balaban J connectivity index is 1.75. The second-order valence-corrected chi connectivity index (χ2v) is 4.92. The first-order valence-corrected chi connectivity index (χ1v) is 7.17. The van der Waals surface area contributed by atoms with Crippen LogP contribution >= 0.6 is 0 Å². The SMILES string of the molecule is CNc1nc(NCc2ccon2)nc(N2CCCCC2)n1. The van der Waals surface area contributed by atoms with E-state index in [1.54, 1.807) is 19.4 Å². The molecule has 1 aliphatic rings. The fraction of sp³-hybridized carbons (Fsp3) is 0.538. The Hall–Kier alpha value is -2.38. The molecule has 0 radical (unpaired) electrons. The van der Waals surface area contributed by atoms with Gasteiger partial charge in [0.25, 0.3) is 0 Å². The summed E-state index contributed by atoms with van der Waals surface area (Å²) in [5.74, 6) is 1.82. The molecule has 0 atom stereocenters. The van der Waals surface area contributed by atoms with E-state index in [0.29, 0.717) is 18.4 Å². The monoisotopic (exact) mass is 289 g/mol. The van der Waals surface area contributed by atoms with E-state index in [4.69, 9.17) is 4.52 Å². The summed E-state index contributed by atoms with van der Waals surface area (Å²) >= 11 is 0. The van der Waals surface area contributed by atoms with E-state index >= 15 is 0 Å². The zero-order chi connectivity index (χ0) is 14.5. The second-order valence-electron chi connectivity index (χ2n) is 4.92. The van der Waals surface area contributed by atoms with E-state index in [2.05, 4.69) is 35.6 Å². The Bertz CT molecular complexity index is 566. The lowest BCUT2D eigenvalue weighted by Gasteiger charge is -2.26. The van der Waals surface area contributed by atoms with Crippen LogP contribution in [0.3, 0.4) is 0 Å². The molecule has 0 bridgehead atoms. The maximum atomic E-state index is 4.80. The van der Waals surface area contributed by atoms with Crippen molar-refractivity contribution in [3.05, 3.63) is 18.0 Å². The van der Waals surface area contributed by atoms with Crippen LogP contribution in [-0.4, -0.2) is 40.2 Å². The smallest absolute Gasteiger partial charge is 0.231 e. The van der Waals surface area contributed by atoms with E-state index in [1.165, 1.54) is 19.3 Å². The van der Waals surface area contributed by atoms with Crippen LogP contribution in [0.25, 0.3) is 0 Å². The number of anilines is 3. The Morgan fingerprint density at radius 2 is 1.95 bits per heavy atom. The molecule has 2 N–H and O–H groups in total. The summed E-state index contributed by atoms with van der Waals surface area (Å²) in [6.07, 6.45) is 5.19. The largest absolute Gasteiger partial charge is 0.364 e. The molecule has 0 aromatic carbocycles. The van der Waals surface area contributed by atoms with Gasteiger partial charge in [-0.3, -0.25) is 0 Å². The molecule has 0 aliphatic carbocycles. The summed E-state index contributed by atoms with van der Waals surface area (Å²) < 4.78 is 4.80. The minimum Gasteiger partial charge on any atom is -0.364 e. The highest BCUT2D eigenvalue weighted by Crippen LogP contribution is 2.18. The van der Waals surface area contributed by atoms with Crippen molar-refractivity contribution in [3.63, 3.8) is 0 Å². The van der Waals surface area contributed by atoms with Crippen molar-refractivity contribution < 1.29 is 4.52 Å². The molecule has 0 spiro atoms. The number of rotatable bonds is 5. The van der Waals surface area contributed by atoms with E-state index in [0.717, 1.165) is 24.7 Å². The van der Waals surface area contributed by atoms with Gasteiger partial charge in [-0.2, -0.15) is 15.0 Å². The normalized spacial score (nSPS) is 15.0. The number of hydrogen-bond acceptors (Lipinski definition) is 8. The Morgan fingerprint density at radius 3 is 2.67 bits per heavy atom. The molecule has 21 heavy (non-hydrogen) atoms. The predicted octanol–water partition coefficient (Wildman–Crippen LogP) is 1.50. The standard InChI is InChI=1S/C13H19N7O/c1-14-11-16-12(15-9-10-5-8-21-19-10)18-13(17-11)20-6-3-2-4-7-20/h5,8H,2-4,6-7,9H2,1H3,(H2,14,15,16,17,18). The molecular formula is C13H19N7O. The number of nitrogens with one attached hydrogen (secondary N) is 2. The van der Waals surface area contributed by atoms with Crippen LogP contribution in [0.15, 0.2) is 16.9 Å². The van der Waals surface area contributed by atoms with E-state index in [1.807, 2.05) is 0 Å². The molecule has 1 saturated heterocycles. The number of nitrogens with zero attached hydrogens (tertiary/aromatic N) is 5. The number of aromatic nitrogens is 4. The van der Waals surface area contributed by atoms with Gasteiger partial charge in [0.15, 0.2) is 0 Å². The average Bonchev–Trinajstić information content (AvgIpc) is 3.07. The minimum atomic E-state index is 0.517. The lowest BCUT2D eigenvalue weighted by Crippen LogP contribution is -2.31. The highest BCUT2D eigenvalue weighted by atomic mass is 16.5. The van der Waals surface area contributed by atoms with Crippen LogP contribution in [0.1, 0.15) is 25.0 Å². The third-order valence-corrected chi connectivity index (χ3v) is 3.40. The van der Waals surface area contributed by atoms with Crippen LogP contribution in [0, 0.1) is 0 Å². The summed E-state index contributed by atoms with van der Waals surface area (Å²) in [5, 5.41) is 9.98. The molecule has 8 nitrogen and oxygen atoms in total. The van der Waals surface area contributed by atoms with Crippen LogP contribution in [0.5, 0.6) is 0 Å². The van der Waals surface area contributed by atoms with Crippen molar-refractivity contribution in [2.75, 3.05) is 35.7 Å². The summed E-state index contributed by atoms with van der Waals surface area (Å²) in [6, 6.07) is 1.80. The second kappa shape index (κ2) is 6.38. The molecule has 0 saturated carbocycles. The van der Waals surface area contributed by atoms with Gasteiger partial charge in [0.1, 0.15) is 12.0 Å². The Kier molecular flexibility index (Phi) is 4.13. The first-order valence-electron chi connectivity index (χ1n) is 7.17. The van der Waals surface area contributed by atoms with Crippen LogP contribution in [-0.2, 0) is 6.54 Å². The van der Waals surface area contributed by atoms with Gasteiger partial charge >= 0.3 is 0 Å². The van der Waals surface area contributed by atoms with Gasteiger partial charge in [-0.1, -0.05) is 5.16 Å². The molecule has 1 aliphatic heterocycles. The van der Waals surface area contributed by atoms with Gasteiger partial charge in [0, 0.05) is 26.2 Å². The van der Waals surface area contributed by atoms with Gasteiger partial charge in [-0.25, -0.2) is 0 Å². The van der Waals surface area contributed by atoms with Crippen molar-refractivity contribution >= 4 is 17.8 Å². The molecule has 0 unspecified atom stereocenters. The Labute approximate surface area is 123 Å². The molecule has 3 heterocycles. The van der Waals surface area contributed by atoms with E-state index in [-0.39, 0.29) is 0 Å². The van der Waals surface area contributed by atoms with Gasteiger partial charge in [0.2, 0.25) is 17.8 Å². The summed E-state index contributed by atoms with van der Waals surface area (Å²) in [5.41, 5.74) is 0.806. The third-order valence-electron chi connectivity index (χ3n) is 3.40. The lowest BCUT2D eigenvalue weighted by molar-refractivity contribution is 0.412. The van der Waals surface area contributed by atoms with E-state index in [9.17, 15) is 0 Å². The topological polar surface area (TPSA) is 92.0 Å².